The Hall–Kier alpha value is -0.130. The molecule has 2 atom stereocenters. The van der Waals surface area contributed by atoms with Crippen LogP contribution in [-0.2, 0) is 9.84 Å². The van der Waals surface area contributed by atoms with Crippen LogP contribution in [0.4, 0.5) is 0 Å². The smallest absolute Gasteiger partial charge is 0.150 e. The van der Waals surface area contributed by atoms with Gasteiger partial charge in [-0.25, -0.2) is 8.42 Å². The van der Waals surface area contributed by atoms with Crippen molar-refractivity contribution in [2.45, 2.75) is 18.9 Å². The molecule has 0 aliphatic carbocycles. The highest BCUT2D eigenvalue weighted by Gasteiger charge is 2.27. The molecule has 1 aliphatic rings. The van der Waals surface area contributed by atoms with E-state index in [1.807, 2.05) is 0 Å². The highest BCUT2D eigenvalue weighted by molar-refractivity contribution is 7.91. The summed E-state index contributed by atoms with van der Waals surface area (Å²) in [5.41, 5.74) is 0. The van der Waals surface area contributed by atoms with Gasteiger partial charge in [-0.2, -0.15) is 0 Å². The minimum atomic E-state index is -2.97. The number of sulfone groups is 1. The van der Waals surface area contributed by atoms with Crippen molar-refractivity contribution in [2.24, 2.45) is 5.92 Å². The van der Waals surface area contributed by atoms with Crippen molar-refractivity contribution < 1.29 is 18.6 Å². The van der Waals surface area contributed by atoms with Crippen LogP contribution >= 0.6 is 0 Å². The molecule has 1 fully saturated rings. The Morgan fingerprint density at radius 2 is 1.83 bits per heavy atom. The average molecular weight is 194 g/mol. The van der Waals surface area contributed by atoms with Gasteiger partial charge >= 0.3 is 0 Å². The van der Waals surface area contributed by atoms with Crippen LogP contribution in [-0.4, -0.2) is 42.8 Å². The van der Waals surface area contributed by atoms with E-state index in [1.54, 1.807) is 0 Å². The van der Waals surface area contributed by atoms with Gasteiger partial charge < -0.3 is 10.2 Å². The van der Waals surface area contributed by atoms with Crippen molar-refractivity contribution in [3.8, 4) is 0 Å². The van der Waals surface area contributed by atoms with E-state index in [9.17, 15) is 13.5 Å². The Kier molecular flexibility index (Phi) is 3.09. The Morgan fingerprint density at radius 1 is 1.25 bits per heavy atom. The van der Waals surface area contributed by atoms with E-state index in [1.165, 1.54) is 0 Å². The van der Waals surface area contributed by atoms with Crippen LogP contribution in [0.1, 0.15) is 12.8 Å². The van der Waals surface area contributed by atoms with Gasteiger partial charge in [0, 0.05) is 12.5 Å². The summed E-state index contributed by atoms with van der Waals surface area (Å²) in [6.45, 7) is -0.128. The van der Waals surface area contributed by atoms with E-state index in [2.05, 4.69) is 0 Å². The summed E-state index contributed by atoms with van der Waals surface area (Å²) >= 11 is 0. The van der Waals surface area contributed by atoms with Gasteiger partial charge in [-0.1, -0.05) is 0 Å². The van der Waals surface area contributed by atoms with Crippen molar-refractivity contribution in [3.05, 3.63) is 0 Å². The lowest BCUT2D eigenvalue weighted by atomic mass is 9.99. The predicted molar refractivity (Wildman–Crippen MR) is 44.5 cm³/mol. The Balaban J connectivity index is 2.65. The molecule has 0 aromatic rings. The summed E-state index contributed by atoms with van der Waals surface area (Å²) < 4.78 is 22.2. The lowest BCUT2D eigenvalue weighted by molar-refractivity contribution is 0.0656. The van der Waals surface area contributed by atoms with Crippen LogP contribution in [0.3, 0.4) is 0 Å². The molecule has 0 bridgehead atoms. The summed E-state index contributed by atoms with van der Waals surface area (Å²) in [5, 5.41) is 18.2. The van der Waals surface area contributed by atoms with Crippen molar-refractivity contribution in [2.75, 3.05) is 18.1 Å². The largest absolute Gasteiger partial charge is 0.396 e. The quantitative estimate of drug-likeness (QED) is 0.571. The van der Waals surface area contributed by atoms with Crippen LogP contribution < -0.4 is 0 Å². The second-order valence-corrected chi connectivity index (χ2v) is 5.54. The first-order valence-corrected chi connectivity index (χ1v) is 5.86. The van der Waals surface area contributed by atoms with Gasteiger partial charge in [0.05, 0.1) is 17.6 Å². The van der Waals surface area contributed by atoms with Crippen LogP contribution in [0, 0.1) is 5.92 Å². The predicted octanol–water partition coefficient (Wildman–Crippen LogP) is -0.836. The fourth-order valence-electron chi connectivity index (χ4n) is 1.37. The van der Waals surface area contributed by atoms with E-state index < -0.39 is 15.9 Å². The van der Waals surface area contributed by atoms with E-state index in [-0.39, 0.29) is 30.5 Å². The Bertz CT molecular complexity index is 234. The van der Waals surface area contributed by atoms with Crippen molar-refractivity contribution in [1.82, 2.24) is 0 Å². The number of hydrogen-bond donors (Lipinski definition) is 2. The zero-order valence-corrected chi connectivity index (χ0v) is 7.63. The third kappa shape index (κ3) is 2.43. The molecule has 0 aromatic heterocycles. The number of aliphatic hydroxyl groups excluding tert-OH is 2. The summed E-state index contributed by atoms with van der Waals surface area (Å²) in [5.74, 6) is -0.123. The third-order valence-corrected chi connectivity index (χ3v) is 4.02. The zero-order valence-electron chi connectivity index (χ0n) is 6.81. The first kappa shape index (κ1) is 9.95. The first-order valence-electron chi connectivity index (χ1n) is 4.04. The van der Waals surface area contributed by atoms with Crippen molar-refractivity contribution in [1.29, 1.82) is 0 Å². The lowest BCUT2D eigenvalue weighted by Gasteiger charge is -2.15. The fourth-order valence-corrected chi connectivity index (χ4v) is 2.84. The fraction of sp³-hybridized carbons (Fsp3) is 1.00. The molecule has 0 saturated carbocycles. The van der Waals surface area contributed by atoms with Crippen molar-refractivity contribution >= 4 is 9.84 Å². The second-order valence-electron chi connectivity index (χ2n) is 3.24. The van der Waals surface area contributed by atoms with Crippen LogP contribution in [0.25, 0.3) is 0 Å². The van der Waals surface area contributed by atoms with Crippen LogP contribution in [0.2, 0.25) is 0 Å². The molecule has 1 aliphatic heterocycles. The molecule has 12 heavy (non-hydrogen) atoms. The maximum absolute atomic E-state index is 11.1. The molecule has 0 amide bonds. The molecule has 0 radical (unpaired) electrons. The highest BCUT2D eigenvalue weighted by Crippen LogP contribution is 2.18. The monoisotopic (exact) mass is 194 g/mol. The molecule has 2 unspecified atom stereocenters. The van der Waals surface area contributed by atoms with Gasteiger partial charge in [-0.15, -0.1) is 0 Å². The highest BCUT2D eigenvalue weighted by atomic mass is 32.2. The van der Waals surface area contributed by atoms with Gasteiger partial charge in [-0.3, -0.25) is 0 Å². The van der Waals surface area contributed by atoms with Gasteiger partial charge in [-0.05, 0) is 12.8 Å². The molecule has 4 nitrogen and oxygen atoms in total. The molecule has 1 rings (SSSR count). The zero-order chi connectivity index (χ0) is 9.19. The minimum Gasteiger partial charge on any atom is -0.396 e. The maximum Gasteiger partial charge on any atom is 0.150 e. The van der Waals surface area contributed by atoms with Gasteiger partial charge in [0.1, 0.15) is 9.84 Å². The van der Waals surface area contributed by atoms with Crippen LogP contribution in [0.15, 0.2) is 0 Å². The summed E-state index contributed by atoms with van der Waals surface area (Å²) in [7, 11) is -2.97. The second kappa shape index (κ2) is 3.72. The van der Waals surface area contributed by atoms with E-state index in [0.29, 0.717) is 6.42 Å². The molecule has 2 N–H and O–H groups in total. The summed E-state index contributed by atoms with van der Waals surface area (Å²) in [6, 6.07) is 0. The maximum atomic E-state index is 11.1. The average Bonchev–Trinajstić information content (AvgIpc) is 2.13. The van der Waals surface area contributed by atoms with Crippen LogP contribution in [0.5, 0.6) is 0 Å². The van der Waals surface area contributed by atoms with E-state index in [0.717, 1.165) is 0 Å². The summed E-state index contributed by atoms with van der Waals surface area (Å²) in [6.07, 6.45) is -0.0274. The first-order chi connectivity index (χ1) is 5.55. The molecular formula is C7H14O4S. The molecule has 0 spiro atoms. The number of aliphatic hydroxyl groups is 2. The molecule has 1 saturated heterocycles. The normalized spacial score (nSPS) is 35.8. The standard InChI is InChI=1S/C7H14O4S/c8-5-6-1-3-12(10,11)4-2-7(6)9/h6-9H,1-5H2. The van der Waals surface area contributed by atoms with Gasteiger partial charge in [0.25, 0.3) is 0 Å². The van der Waals surface area contributed by atoms with E-state index >= 15 is 0 Å². The Labute approximate surface area is 72.1 Å². The van der Waals surface area contributed by atoms with Crippen molar-refractivity contribution in [3.63, 3.8) is 0 Å². The van der Waals surface area contributed by atoms with Gasteiger partial charge in [0.2, 0.25) is 0 Å². The number of hydrogen-bond acceptors (Lipinski definition) is 4. The van der Waals surface area contributed by atoms with Gasteiger partial charge in [0.15, 0.2) is 0 Å². The molecule has 72 valence electrons. The topological polar surface area (TPSA) is 74.6 Å². The summed E-state index contributed by atoms with van der Waals surface area (Å²) in [4.78, 5) is 0. The minimum absolute atomic E-state index is 0.0463. The molecule has 5 heteroatoms. The Morgan fingerprint density at radius 3 is 2.42 bits per heavy atom. The number of rotatable bonds is 1. The SMILES string of the molecule is O=S1(=O)CCC(O)C(CO)CC1. The molecule has 1 heterocycles. The third-order valence-electron chi connectivity index (χ3n) is 2.30. The molecule has 0 aromatic carbocycles. The molecular weight excluding hydrogens is 180 g/mol. The lowest BCUT2D eigenvalue weighted by Crippen LogP contribution is -2.23. The van der Waals surface area contributed by atoms with E-state index in [4.69, 9.17) is 5.11 Å².